The number of hydrogen-bond donors (Lipinski definition) is 1. The Morgan fingerprint density at radius 2 is 2.26 bits per heavy atom. The SMILES string of the molecule is Cc1cc(Cl)ncc1NS(=O)(=O)N1CCCC(C)C1. The summed E-state index contributed by atoms with van der Waals surface area (Å²) in [6, 6.07) is 1.64. The molecule has 5 nitrogen and oxygen atoms in total. The number of anilines is 1. The van der Waals surface area contributed by atoms with E-state index in [0.717, 1.165) is 18.4 Å². The van der Waals surface area contributed by atoms with Crippen LogP contribution < -0.4 is 4.72 Å². The number of piperidine rings is 1. The average molecular weight is 304 g/mol. The maximum absolute atomic E-state index is 12.3. The second-order valence-electron chi connectivity index (χ2n) is 5.03. The smallest absolute Gasteiger partial charge is 0.269 e. The summed E-state index contributed by atoms with van der Waals surface area (Å²) in [5.74, 6) is 0.398. The molecule has 0 aromatic carbocycles. The summed E-state index contributed by atoms with van der Waals surface area (Å²) in [5.41, 5.74) is 1.23. The molecule has 1 saturated heterocycles. The molecule has 7 heteroatoms. The first-order chi connectivity index (χ1) is 8.88. The van der Waals surface area contributed by atoms with Gasteiger partial charge >= 0.3 is 10.2 Å². The normalized spacial score (nSPS) is 21.3. The van der Waals surface area contributed by atoms with Crippen LogP contribution in [-0.2, 0) is 10.2 Å². The van der Waals surface area contributed by atoms with Crippen LogP contribution in [0.15, 0.2) is 12.3 Å². The first kappa shape index (κ1) is 14.6. The summed E-state index contributed by atoms with van der Waals surface area (Å²) in [4.78, 5) is 3.90. The molecule has 0 saturated carbocycles. The van der Waals surface area contributed by atoms with Crippen LogP contribution in [0.25, 0.3) is 0 Å². The number of nitrogens with zero attached hydrogens (tertiary/aromatic N) is 2. The molecule has 0 bridgehead atoms. The van der Waals surface area contributed by atoms with Crippen LogP contribution in [0.3, 0.4) is 0 Å². The van der Waals surface area contributed by atoms with Gasteiger partial charge in [0.05, 0.1) is 11.9 Å². The van der Waals surface area contributed by atoms with Crippen LogP contribution in [-0.4, -0.2) is 30.8 Å². The Morgan fingerprint density at radius 1 is 1.53 bits per heavy atom. The Hall–Kier alpha value is -0.850. The Bertz CT molecular complexity index is 562. The van der Waals surface area contributed by atoms with E-state index in [0.29, 0.717) is 29.8 Å². The number of halogens is 1. The van der Waals surface area contributed by atoms with Crippen molar-refractivity contribution in [3.8, 4) is 0 Å². The molecule has 2 rings (SSSR count). The zero-order chi connectivity index (χ0) is 14.0. The first-order valence-corrected chi connectivity index (χ1v) is 8.10. The van der Waals surface area contributed by atoms with E-state index in [1.54, 1.807) is 13.0 Å². The summed E-state index contributed by atoms with van der Waals surface area (Å²) in [6.07, 6.45) is 3.43. The van der Waals surface area contributed by atoms with Crippen LogP contribution in [0.5, 0.6) is 0 Å². The predicted octanol–water partition coefficient (Wildman–Crippen LogP) is 2.43. The van der Waals surface area contributed by atoms with Gasteiger partial charge in [-0.15, -0.1) is 0 Å². The second kappa shape index (κ2) is 5.64. The maximum atomic E-state index is 12.3. The van der Waals surface area contributed by atoms with Crippen molar-refractivity contribution in [3.63, 3.8) is 0 Å². The van der Waals surface area contributed by atoms with Crippen LogP contribution in [0, 0.1) is 12.8 Å². The molecule has 1 atom stereocenters. The standard InChI is InChI=1S/C12H18ClN3O2S/c1-9-4-3-5-16(8-9)19(17,18)15-11-7-14-12(13)6-10(11)2/h6-7,9,15H,3-5,8H2,1-2H3. The van der Waals surface area contributed by atoms with Gasteiger partial charge in [0.25, 0.3) is 0 Å². The zero-order valence-electron chi connectivity index (χ0n) is 11.1. The van der Waals surface area contributed by atoms with Crippen molar-refractivity contribution in [1.29, 1.82) is 0 Å². The lowest BCUT2D eigenvalue weighted by Gasteiger charge is -2.30. The van der Waals surface area contributed by atoms with Crippen LogP contribution in [0.1, 0.15) is 25.3 Å². The van der Waals surface area contributed by atoms with E-state index in [4.69, 9.17) is 11.6 Å². The molecule has 106 valence electrons. The molecular weight excluding hydrogens is 286 g/mol. The lowest BCUT2D eigenvalue weighted by molar-refractivity contribution is 0.282. The summed E-state index contributed by atoms with van der Waals surface area (Å²) in [6.45, 7) is 5.00. The fourth-order valence-corrected chi connectivity index (χ4v) is 3.85. The largest absolute Gasteiger partial charge is 0.301 e. The third-order valence-electron chi connectivity index (χ3n) is 3.28. The lowest BCUT2D eigenvalue weighted by atomic mass is 10.0. The molecule has 1 unspecified atom stereocenters. The molecule has 0 spiro atoms. The van der Waals surface area contributed by atoms with Gasteiger partial charge < -0.3 is 0 Å². The van der Waals surface area contributed by atoms with Gasteiger partial charge in [-0.1, -0.05) is 18.5 Å². The van der Waals surface area contributed by atoms with E-state index in [2.05, 4.69) is 16.6 Å². The van der Waals surface area contributed by atoms with Gasteiger partial charge in [-0.05, 0) is 37.3 Å². The molecule has 1 N–H and O–H groups in total. The first-order valence-electron chi connectivity index (χ1n) is 6.28. The minimum Gasteiger partial charge on any atom is -0.269 e. The number of hydrogen-bond acceptors (Lipinski definition) is 3. The highest BCUT2D eigenvalue weighted by Crippen LogP contribution is 2.22. The molecule has 1 aromatic rings. The third-order valence-corrected chi connectivity index (χ3v) is 4.97. The van der Waals surface area contributed by atoms with Crippen molar-refractivity contribution in [2.24, 2.45) is 5.92 Å². The lowest BCUT2D eigenvalue weighted by Crippen LogP contribution is -2.42. The van der Waals surface area contributed by atoms with Gasteiger partial charge in [-0.2, -0.15) is 12.7 Å². The number of aromatic nitrogens is 1. The van der Waals surface area contributed by atoms with Gasteiger partial charge in [0.2, 0.25) is 0 Å². The molecule has 0 radical (unpaired) electrons. The molecule has 1 aliphatic rings. The highest BCUT2D eigenvalue weighted by Gasteiger charge is 2.27. The highest BCUT2D eigenvalue weighted by molar-refractivity contribution is 7.90. The Kier molecular flexibility index (Phi) is 4.32. The Labute approximate surface area is 119 Å². The van der Waals surface area contributed by atoms with Crippen molar-refractivity contribution < 1.29 is 8.42 Å². The van der Waals surface area contributed by atoms with Gasteiger partial charge in [0, 0.05) is 13.1 Å². The molecule has 1 aromatic heterocycles. The van der Waals surface area contributed by atoms with Gasteiger partial charge in [0.1, 0.15) is 5.15 Å². The van der Waals surface area contributed by atoms with E-state index >= 15 is 0 Å². The molecule has 2 heterocycles. The Balaban J connectivity index is 2.16. The van der Waals surface area contributed by atoms with Crippen LogP contribution in [0.2, 0.25) is 5.15 Å². The summed E-state index contributed by atoms with van der Waals surface area (Å²) < 4.78 is 28.7. The molecule has 1 fully saturated rings. The number of pyridine rings is 1. The van der Waals surface area contributed by atoms with E-state index in [1.807, 2.05) is 0 Å². The van der Waals surface area contributed by atoms with Crippen LogP contribution >= 0.6 is 11.6 Å². The van der Waals surface area contributed by atoms with Gasteiger partial charge in [0.15, 0.2) is 0 Å². The predicted molar refractivity (Wildman–Crippen MR) is 76.5 cm³/mol. The maximum Gasteiger partial charge on any atom is 0.301 e. The fourth-order valence-electron chi connectivity index (χ4n) is 2.20. The van der Waals surface area contributed by atoms with Crippen molar-refractivity contribution in [3.05, 3.63) is 23.0 Å². The number of nitrogens with one attached hydrogen (secondary N) is 1. The minimum absolute atomic E-state index is 0.354. The van der Waals surface area contributed by atoms with Crippen LogP contribution in [0.4, 0.5) is 5.69 Å². The fraction of sp³-hybridized carbons (Fsp3) is 0.583. The third kappa shape index (κ3) is 3.58. The number of rotatable bonds is 3. The molecule has 19 heavy (non-hydrogen) atoms. The summed E-state index contributed by atoms with van der Waals surface area (Å²) in [5, 5.41) is 0.354. The second-order valence-corrected chi connectivity index (χ2v) is 7.09. The van der Waals surface area contributed by atoms with Crippen molar-refractivity contribution >= 4 is 27.5 Å². The monoisotopic (exact) mass is 303 g/mol. The van der Waals surface area contributed by atoms with E-state index in [-0.39, 0.29) is 0 Å². The molecule has 1 aliphatic heterocycles. The van der Waals surface area contributed by atoms with Crippen molar-refractivity contribution in [2.45, 2.75) is 26.7 Å². The molecule has 0 amide bonds. The average Bonchev–Trinajstić information content (AvgIpc) is 2.33. The van der Waals surface area contributed by atoms with Gasteiger partial charge in [-0.25, -0.2) is 4.98 Å². The minimum atomic E-state index is -3.50. The molecular formula is C12H18ClN3O2S. The van der Waals surface area contributed by atoms with Gasteiger partial charge in [-0.3, -0.25) is 4.72 Å². The topological polar surface area (TPSA) is 62.3 Å². The summed E-state index contributed by atoms with van der Waals surface area (Å²) in [7, 11) is -3.50. The van der Waals surface area contributed by atoms with E-state index in [1.165, 1.54) is 10.5 Å². The van der Waals surface area contributed by atoms with Crippen molar-refractivity contribution in [1.82, 2.24) is 9.29 Å². The highest BCUT2D eigenvalue weighted by atomic mass is 35.5. The molecule has 0 aliphatic carbocycles. The number of aryl methyl sites for hydroxylation is 1. The quantitative estimate of drug-likeness (QED) is 0.872. The van der Waals surface area contributed by atoms with E-state index < -0.39 is 10.2 Å². The summed E-state index contributed by atoms with van der Waals surface area (Å²) >= 11 is 5.76. The van der Waals surface area contributed by atoms with Crippen molar-refractivity contribution in [2.75, 3.05) is 17.8 Å². The van der Waals surface area contributed by atoms with E-state index in [9.17, 15) is 8.42 Å². The zero-order valence-corrected chi connectivity index (χ0v) is 12.6. The Morgan fingerprint density at radius 3 is 2.89 bits per heavy atom.